The van der Waals surface area contributed by atoms with E-state index in [0.29, 0.717) is 6.04 Å². The molecule has 0 spiro atoms. The van der Waals surface area contributed by atoms with Gasteiger partial charge in [-0.2, -0.15) is 0 Å². The van der Waals surface area contributed by atoms with E-state index >= 15 is 0 Å². The summed E-state index contributed by atoms with van der Waals surface area (Å²) in [6, 6.07) is 6.84. The lowest BCUT2D eigenvalue weighted by molar-refractivity contribution is 0.190. The third-order valence-electron chi connectivity index (χ3n) is 3.70. The second kappa shape index (κ2) is 5.86. The van der Waals surface area contributed by atoms with Crippen LogP contribution in [0.2, 0.25) is 0 Å². The van der Waals surface area contributed by atoms with Crippen LogP contribution in [0.1, 0.15) is 18.5 Å². The third kappa shape index (κ3) is 3.05. The topological polar surface area (TPSA) is 41.3 Å². The number of rotatable bonds is 4. The minimum absolute atomic E-state index is 0.676. The smallest absolute Gasteiger partial charge is 0.177 e. The molecule has 0 aromatic carbocycles. The van der Waals surface area contributed by atoms with Crippen molar-refractivity contribution in [3.8, 4) is 10.6 Å². The van der Waals surface area contributed by atoms with Crippen molar-refractivity contribution in [3.05, 3.63) is 29.3 Å². The first-order valence-electron chi connectivity index (χ1n) is 6.74. The maximum Gasteiger partial charge on any atom is 0.177 e. The van der Waals surface area contributed by atoms with Crippen molar-refractivity contribution in [1.29, 1.82) is 0 Å². The van der Waals surface area contributed by atoms with E-state index in [9.17, 15) is 0 Å². The number of thiophene rings is 1. The number of nitrogens with zero attached hydrogens (tertiary/aromatic N) is 2. The molecule has 1 N–H and O–H groups in total. The molecule has 5 heteroatoms. The summed E-state index contributed by atoms with van der Waals surface area (Å²) < 4.78 is 5.41. The quantitative estimate of drug-likeness (QED) is 0.932. The van der Waals surface area contributed by atoms with E-state index in [2.05, 4.69) is 32.9 Å². The van der Waals surface area contributed by atoms with Crippen LogP contribution in [0.3, 0.4) is 0 Å². The minimum atomic E-state index is 0.676. The van der Waals surface area contributed by atoms with Crippen LogP contribution in [-0.4, -0.2) is 36.2 Å². The zero-order valence-electron chi connectivity index (χ0n) is 11.1. The predicted octanol–water partition coefficient (Wildman–Crippen LogP) is 2.59. The number of hydrogen-bond donors (Lipinski definition) is 1. The SMILES string of the molecule is CNC1CCN(Cc2cc(-c3cccs3)on2)CC1. The molecule has 4 nitrogen and oxygen atoms in total. The van der Waals surface area contributed by atoms with Crippen molar-refractivity contribution < 1.29 is 4.52 Å². The average molecular weight is 277 g/mol. The lowest BCUT2D eigenvalue weighted by Gasteiger charge is -2.30. The summed E-state index contributed by atoms with van der Waals surface area (Å²) in [6.45, 7) is 3.16. The van der Waals surface area contributed by atoms with E-state index in [1.54, 1.807) is 11.3 Å². The molecule has 0 aliphatic carbocycles. The highest BCUT2D eigenvalue weighted by molar-refractivity contribution is 7.13. The van der Waals surface area contributed by atoms with Crippen molar-refractivity contribution in [2.24, 2.45) is 0 Å². The van der Waals surface area contributed by atoms with Crippen molar-refractivity contribution >= 4 is 11.3 Å². The van der Waals surface area contributed by atoms with Gasteiger partial charge in [-0.05, 0) is 31.3 Å². The van der Waals surface area contributed by atoms with Crippen LogP contribution >= 0.6 is 11.3 Å². The molecular weight excluding hydrogens is 258 g/mol. The van der Waals surface area contributed by atoms with Crippen molar-refractivity contribution in [1.82, 2.24) is 15.4 Å². The van der Waals surface area contributed by atoms with Gasteiger partial charge in [-0.3, -0.25) is 4.90 Å². The molecule has 1 aliphatic heterocycles. The van der Waals surface area contributed by atoms with Crippen molar-refractivity contribution in [3.63, 3.8) is 0 Å². The van der Waals surface area contributed by atoms with E-state index in [0.717, 1.165) is 36.0 Å². The first kappa shape index (κ1) is 12.8. The fourth-order valence-electron chi connectivity index (χ4n) is 2.53. The molecule has 0 atom stereocenters. The molecule has 2 aromatic rings. The fraction of sp³-hybridized carbons (Fsp3) is 0.500. The molecule has 19 heavy (non-hydrogen) atoms. The van der Waals surface area contributed by atoms with Gasteiger partial charge in [-0.1, -0.05) is 11.2 Å². The highest BCUT2D eigenvalue weighted by atomic mass is 32.1. The Kier molecular flexibility index (Phi) is 3.96. The molecular formula is C14H19N3OS. The molecule has 1 aliphatic rings. The van der Waals surface area contributed by atoms with E-state index in [4.69, 9.17) is 4.52 Å². The first-order valence-corrected chi connectivity index (χ1v) is 7.62. The van der Waals surface area contributed by atoms with Crippen molar-refractivity contribution in [2.75, 3.05) is 20.1 Å². The molecule has 0 saturated carbocycles. The number of aromatic nitrogens is 1. The fourth-order valence-corrected chi connectivity index (χ4v) is 3.20. The van der Waals surface area contributed by atoms with Gasteiger partial charge >= 0.3 is 0 Å². The van der Waals surface area contributed by atoms with Crippen LogP contribution in [-0.2, 0) is 6.54 Å². The zero-order valence-corrected chi connectivity index (χ0v) is 11.9. The maximum absolute atomic E-state index is 5.41. The van der Waals surface area contributed by atoms with E-state index in [-0.39, 0.29) is 0 Å². The molecule has 3 rings (SSSR count). The van der Waals surface area contributed by atoms with Gasteiger partial charge in [-0.15, -0.1) is 11.3 Å². The summed E-state index contributed by atoms with van der Waals surface area (Å²) in [5.74, 6) is 0.884. The zero-order chi connectivity index (χ0) is 13.1. The lowest BCUT2D eigenvalue weighted by atomic mass is 10.1. The van der Waals surface area contributed by atoms with Crippen LogP contribution in [0.5, 0.6) is 0 Å². The Balaban J connectivity index is 1.59. The van der Waals surface area contributed by atoms with Gasteiger partial charge in [0.25, 0.3) is 0 Å². The van der Waals surface area contributed by atoms with E-state index < -0.39 is 0 Å². The van der Waals surface area contributed by atoms with Crippen LogP contribution in [0.15, 0.2) is 28.1 Å². The van der Waals surface area contributed by atoms with Crippen LogP contribution in [0.25, 0.3) is 10.6 Å². The number of hydrogen-bond acceptors (Lipinski definition) is 5. The summed E-state index contributed by atoms with van der Waals surface area (Å²) in [5.41, 5.74) is 1.03. The van der Waals surface area contributed by atoms with Gasteiger partial charge in [0.05, 0.1) is 10.6 Å². The summed E-state index contributed by atoms with van der Waals surface area (Å²) in [5, 5.41) is 9.59. The normalized spacial score (nSPS) is 17.9. The maximum atomic E-state index is 5.41. The Hall–Kier alpha value is -1.17. The Morgan fingerprint density at radius 1 is 1.47 bits per heavy atom. The predicted molar refractivity (Wildman–Crippen MR) is 77.2 cm³/mol. The van der Waals surface area contributed by atoms with Gasteiger partial charge in [-0.25, -0.2) is 0 Å². The second-order valence-electron chi connectivity index (χ2n) is 5.00. The van der Waals surface area contributed by atoms with Gasteiger partial charge < -0.3 is 9.84 Å². The molecule has 0 radical (unpaired) electrons. The van der Waals surface area contributed by atoms with Gasteiger partial charge in [0, 0.05) is 31.7 Å². The van der Waals surface area contributed by atoms with Crippen molar-refractivity contribution in [2.45, 2.75) is 25.4 Å². The van der Waals surface area contributed by atoms with Crippen LogP contribution in [0.4, 0.5) is 0 Å². The minimum Gasteiger partial charge on any atom is -0.355 e. The Labute approximate surface area is 117 Å². The molecule has 0 bridgehead atoms. The van der Waals surface area contributed by atoms with Crippen LogP contribution < -0.4 is 5.32 Å². The monoisotopic (exact) mass is 277 g/mol. The first-order chi connectivity index (χ1) is 9.35. The van der Waals surface area contributed by atoms with Gasteiger partial charge in [0.15, 0.2) is 5.76 Å². The summed E-state index contributed by atoms with van der Waals surface area (Å²) in [7, 11) is 2.05. The highest BCUT2D eigenvalue weighted by Crippen LogP contribution is 2.25. The Bertz CT molecular complexity index is 501. The summed E-state index contributed by atoms with van der Waals surface area (Å²) in [4.78, 5) is 3.59. The molecule has 0 unspecified atom stereocenters. The molecule has 1 fully saturated rings. The molecule has 3 heterocycles. The second-order valence-corrected chi connectivity index (χ2v) is 5.95. The van der Waals surface area contributed by atoms with Crippen LogP contribution in [0, 0.1) is 0 Å². The van der Waals surface area contributed by atoms with E-state index in [1.807, 2.05) is 13.1 Å². The van der Waals surface area contributed by atoms with Gasteiger partial charge in [0.1, 0.15) is 0 Å². The largest absolute Gasteiger partial charge is 0.355 e. The molecule has 0 amide bonds. The standard InChI is InChI=1S/C14H19N3OS/c1-15-11-4-6-17(7-5-11)10-12-9-13(18-16-12)14-3-2-8-19-14/h2-3,8-9,11,15H,4-7,10H2,1H3. The average Bonchev–Trinajstić information content (AvgIpc) is 3.10. The molecule has 2 aromatic heterocycles. The molecule has 102 valence electrons. The summed E-state index contributed by atoms with van der Waals surface area (Å²) in [6.07, 6.45) is 2.43. The van der Waals surface area contributed by atoms with E-state index in [1.165, 1.54) is 12.8 Å². The number of piperidine rings is 1. The Morgan fingerprint density at radius 3 is 3.00 bits per heavy atom. The molecule has 1 saturated heterocycles. The lowest BCUT2D eigenvalue weighted by Crippen LogP contribution is -2.40. The Morgan fingerprint density at radius 2 is 2.32 bits per heavy atom. The highest BCUT2D eigenvalue weighted by Gasteiger charge is 2.19. The summed E-state index contributed by atoms with van der Waals surface area (Å²) >= 11 is 1.68. The third-order valence-corrected chi connectivity index (χ3v) is 4.59. The number of nitrogens with one attached hydrogen (secondary N) is 1. The number of likely N-dealkylation sites (tertiary alicyclic amines) is 1. The van der Waals surface area contributed by atoms with Gasteiger partial charge in [0.2, 0.25) is 0 Å².